The summed E-state index contributed by atoms with van der Waals surface area (Å²) in [5, 5.41) is 21.8. The molecule has 10 nitrogen and oxygen atoms in total. The molecular weight excluding hydrogens is 470 g/mol. The first-order valence-electron chi connectivity index (χ1n) is 11.3. The van der Waals surface area contributed by atoms with Gasteiger partial charge in [0.2, 0.25) is 5.91 Å². The smallest absolute Gasteiger partial charge is 0.298 e. The minimum absolute atomic E-state index is 0.0161. The predicted molar refractivity (Wildman–Crippen MR) is 121 cm³/mol. The van der Waals surface area contributed by atoms with Gasteiger partial charge in [-0.3, -0.25) is 28.8 Å². The van der Waals surface area contributed by atoms with Gasteiger partial charge in [0.05, 0.1) is 11.5 Å². The number of nitrogens with two attached hydrogens (primary N) is 1. The number of hydrogen-bond donors (Lipinski definition) is 3. The first kappa shape index (κ1) is 23.6. The predicted octanol–water partition coefficient (Wildman–Crippen LogP) is 0.529. The number of hydrogen-bond acceptors (Lipinski definition) is 9. The maximum absolute atomic E-state index is 13.6. The highest BCUT2D eigenvalue weighted by Crippen LogP contribution is 2.51. The first-order valence-corrected chi connectivity index (χ1v) is 11.3. The number of aromatic hydroxyl groups is 1. The highest BCUT2D eigenvalue weighted by molar-refractivity contribution is 6.31. The van der Waals surface area contributed by atoms with Crippen molar-refractivity contribution in [2.24, 2.45) is 29.4 Å². The van der Waals surface area contributed by atoms with E-state index in [1.54, 1.807) is 30.3 Å². The number of carbonyl (C=O) groups is 6. The highest BCUT2D eigenvalue weighted by Gasteiger charge is 2.66. The molecule has 0 saturated heterocycles. The summed E-state index contributed by atoms with van der Waals surface area (Å²) in [6.45, 7) is 0.296. The number of primary amides is 1. The number of carbonyl (C=O) groups excluding carboxylic acids is 6. The number of aliphatic hydroxyl groups is 1. The number of rotatable bonds is 4. The number of phenolic OH excluding ortho intramolecular Hbond substituents is 1. The maximum Gasteiger partial charge on any atom is 0.298 e. The SMILES string of the molecule is NC(=O)C1C(=O)C[C@@H]2C[C@@H]3Cc4c(-c5ccc(OC=O)cc5)ccc(O)c4C(=O)C3C(=O)[C@]2(O)C1=O. The van der Waals surface area contributed by atoms with Crippen molar-refractivity contribution in [2.75, 3.05) is 0 Å². The van der Waals surface area contributed by atoms with Crippen molar-refractivity contribution >= 4 is 35.5 Å². The van der Waals surface area contributed by atoms with Crippen molar-refractivity contribution in [1.29, 1.82) is 0 Å². The van der Waals surface area contributed by atoms with Crippen LogP contribution in [-0.2, 0) is 30.4 Å². The van der Waals surface area contributed by atoms with Gasteiger partial charge in [-0.15, -0.1) is 0 Å². The van der Waals surface area contributed by atoms with Crippen LogP contribution in [0.4, 0.5) is 0 Å². The Morgan fingerprint density at radius 1 is 1.03 bits per heavy atom. The lowest BCUT2D eigenvalue weighted by atomic mass is 9.53. The zero-order valence-corrected chi connectivity index (χ0v) is 18.8. The van der Waals surface area contributed by atoms with Crippen molar-refractivity contribution in [3.63, 3.8) is 0 Å². The summed E-state index contributed by atoms with van der Waals surface area (Å²) in [6, 6.07) is 9.43. The Kier molecular flexibility index (Phi) is 5.36. The van der Waals surface area contributed by atoms with E-state index in [1.165, 1.54) is 6.07 Å². The molecule has 0 heterocycles. The Hall–Kier alpha value is -4.18. The molecule has 4 N–H and O–H groups in total. The van der Waals surface area contributed by atoms with Gasteiger partial charge in [-0.05, 0) is 53.6 Å². The lowest BCUT2D eigenvalue weighted by molar-refractivity contribution is -0.175. The number of benzene rings is 2. The molecule has 0 bridgehead atoms. The molecular formula is C26H21NO9. The molecule has 10 heteroatoms. The van der Waals surface area contributed by atoms with Gasteiger partial charge in [0.15, 0.2) is 34.7 Å². The zero-order chi connectivity index (χ0) is 25.9. The van der Waals surface area contributed by atoms with Crippen LogP contribution in [0.3, 0.4) is 0 Å². The molecule has 5 atom stereocenters. The lowest BCUT2D eigenvalue weighted by Gasteiger charge is -2.48. The molecule has 3 aliphatic carbocycles. The van der Waals surface area contributed by atoms with E-state index >= 15 is 0 Å². The summed E-state index contributed by atoms with van der Waals surface area (Å²) in [7, 11) is 0. The van der Waals surface area contributed by atoms with Gasteiger partial charge in [-0.25, -0.2) is 0 Å². The molecule has 0 aliphatic heterocycles. The average molecular weight is 491 g/mol. The molecule has 0 radical (unpaired) electrons. The standard InChI is InChI=1S/C26H21NO9/c27-25(34)21-18(30)9-13-7-12-8-16-15(11-1-3-14(4-2-11)36-10-28)5-6-17(29)20(16)22(31)19(12)23(32)26(13,35)24(21)33/h1-6,10,12-13,19,21,29,35H,7-9H2,(H2,27,34)/t12-,13+,19?,21?,26+/m1/s1. The normalized spacial score (nSPS) is 29.1. The molecule has 0 aromatic heterocycles. The van der Waals surface area contributed by atoms with Crippen molar-refractivity contribution < 1.29 is 43.7 Å². The first-order chi connectivity index (χ1) is 17.1. The van der Waals surface area contributed by atoms with Crippen LogP contribution in [0.25, 0.3) is 11.1 Å². The lowest BCUT2D eigenvalue weighted by Crippen LogP contribution is -2.68. The van der Waals surface area contributed by atoms with E-state index in [-0.39, 0.29) is 24.2 Å². The quantitative estimate of drug-likeness (QED) is 0.406. The van der Waals surface area contributed by atoms with Crippen LogP contribution < -0.4 is 10.5 Å². The summed E-state index contributed by atoms with van der Waals surface area (Å²) in [5.41, 5.74) is 4.21. The number of phenols is 1. The van der Waals surface area contributed by atoms with E-state index in [4.69, 9.17) is 10.5 Å². The van der Waals surface area contributed by atoms with Gasteiger partial charge in [-0.2, -0.15) is 0 Å². The van der Waals surface area contributed by atoms with Crippen LogP contribution >= 0.6 is 0 Å². The van der Waals surface area contributed by atoms with Gasteiger partial charge >= 0.3 is 0 Å². The van der Waals surface area contributed by atoms with Gasteiger partial charge < -0.3 is 20.7 Å². The van der Waals surface area contributed by atoms with Gasteiger partial charge in [0.25, 0.3) is 6.47 Å². The molecule has 3 aliphatic rings. The van der Waals surface area contributed by atoms with E-state index in [1.807, 2.05) is 0 Å². The molecule has 2 aromatic carbocycles. The van der Waals surface area contributed by atoms with Crippen LogP contribution in [0.5, 0.6) is 11.5 Å². The molecule has 184 valence electrons. The summed E-state index contributed by atoms with van der Waals surface area (Å²) in [4.78, 5) is 74.8. The molecule has 0 spiro atoms. The number of amides is 1. The van der Waals surface area contributed by atoms with E-state index in [2.05, 4.69) is 0 Å². The second kappa shape index (κ2) is 8.20. The molecule has 5 rings (SSSR count). The third-order valence-electron chi connectivity index (χ3n) is 7.64. The second-order valence-corrected chi connectivity index (χ2v) is 9.46. The Morgan fingerprint density at radius 2 is 1.72 bits per heavy atom. The maximum atomic E-state index is 13.6. The largest absolute Gasteiger partial charge is 0.507 e. The summed E-state index contributed by atoms with van der Waals surface area (Å²) in [5.74, 6) is -10.2. The number of Topliss-reactive ketones (excluding diaryl/α,β-unsaturated/α-hetero) is 4. The average Bonchev–Trinajstić information content (AvgIpc) is 2.82. The number of ether oxygens (including phenoxy) is 1. The van der Waals surface area contributed by atoms with Crippen LogP contribution in [-0.4, -0.2) is 51.3 Å². The number of fused-ring (bicyclic) bond motifs is 3. The Balaban J connectivity index is 1.58. The topological polar surface area (TPSA) is 178 Å². The van der Waals surface area contributed by atoms with Gasteiger partial charge in [0.1, 0.15) is 11.5 Å². The van der Waals surface area contributed by atoms with Crippen molar-refractivity contribution in [1.82, 2.24) is 0 Å². The molecule has 36 heavy (non-hydrogen) atoms. The molecule has 1 amide bonds. The van der Waals surface area contributed by atoms with Crippen molar-refractivity contribution in [2.45, 2.75) is 24.9 Å². The molecule has 2 aromatic rings. The van der Waals surface area contributed by atoms with Crippen LogP contribution in [0, 0.1) is 23.7 Å². The van der Waals surface area contributed by atoms with E-state index in [9.17, 15) is 39.0 Å². The number of ketones is 4. The molecule has 2 unspecified atom stereocenters. The van der Waals surface area contributed by atoms with E-state index in [0.29, 0.717) is 28.9 Å². The minimum atomic E-state index is -2.68. The fraction of sp³-hybridized carbons (Fsp3) is 0.308. The van der Waals surface area contributed by atoms with E-state index in [0.717, 1.165) is 0 Å². The minimum Gasteiger partial charge on any atom is -0.507 e. The van der Waals surface area contributed by atoms with Gasteiger partial charge in [0, 0.05) is 12.3 Å². The van der Waals surface area contributed by atoms with Crippen LogP contribution in [0.2, 0.25) is 0 Å². The van der Waals surface area contributed by atoms with Crippen molar-refractivity contribution in [3.8, 4) is 22.6 Å². The van der Waals surface area contributed by atoms with Crippen molar-refractivity contribution in [3.05, 3.63) is 47.5 Å². The van der Waals surface area contributed by atoms with E-state index < -0.39 is 64.7 Å². The molecule has 2 fully saturated rings. The highest BCUT2D eigenvalue weighted by atomic mass is 16.5. The third kappa shape index (κ3) is 3.21. The zero-order valence-electron chi connectivity index (χ0n) is 18.8. The molecule has 2 saturated carbocycles. The third-order valence-corrected chi connectivity index (χ3v) is 7.64. The van der Waals surface area contributed by atoms with Crippen LogP contribution in [0.15, 0.2) is 36.4 Å². The monoisotopic (exact) mass is 491 g/mol. The fourth-order valence-electron chi connectivity index (χ4n) is 6.01. The summed E-state index contributed by atoms with van der Waals surface area (Å²) >= 11 is 0. The Bertz CT molecular complexity index is 1360. The second-order valence-electron chi connectivity index (χ2n) is 9.46. The summed E-state index contributed by atoms with van der Waals surface area (Å²) in [6.07, 6.45) is -0.207. The Morgan fingerprint density at radius 3 is 2.36 bits per heavy atom. The summed E-state index contributed by atoms with van der Waals surface area (Å²) < 4.78 is 4.81. The Labute approximate surface area is 204 Å². The van der Waals surface area contributed by atoms with Crippen LogP contribution in [0.1, 0.15) is 28.8 Å². The fourth-order valence-corrected chi connectivity index (χ4v) is 6.01. The van der Waals surface area contributed by atoms with Gasteiger partial charge in [-0.1, -0.05) is 18.2 Å².